The van der Waals surface area contributed by atoms with Crippen LogP contribution < -0.4 is 0 Å². The van der Waals surface area contributed by atoms with E-state index >= 15 is 0 Å². The Morgan fingerprint density at radius 3 is 2.31 bits per heavy atom. The molecule has 0 saturated heterocycles. The third kappa shape index (κ3) is 6.63. The van der Waals surface area contributed by atoms with Gasteiger partial charge in [-0.2, -0.15) is 0 Å². The predicted octanol–water partition coefficient (Wildman–Crippen LogP) is 7.16. The van der Waals surface area contributed by atoms with Gasteiger partial charge in [-0.15, -0.1) is 4.40 Å². The fraction of sp³-hybridized carbons (Fsp3) is 0.536. The Morgan fingerprint density at radius 1 is 1.09 bits per heavy atom. The zero-order chi connectivity index (χ0) is 26.1. The Kier molecular flexibility index (Phi) is 8.04. The third-order valence-corrected chi connectivity index (χ3v) is 13.7. The van der Waals surface area contributed by atoms with E-state index in [0.29, 0.717) is 18.6 Å². The lowest BCUT2D eigenvalue weighted by Gasteiger charge is -2.38. The van der Waals surface area contributed by atoms with E-state index in [0.717, 1.165) is 17.5 Å². The monoisotopic (exact) mass is 515 g/mol. The molecule has 3 rings (SSSR count). The quantitative estimate of drug-likeness (QED) is 0.350. The van der Waals surface area contributed by atoms with Gasteiger partial charge in [-0.25, -0.2) is 8.42 Å². The van der Waals surface area contributed by atoms with Crippen molar-refractivity contribution in [2.45, 2.75) is 89.3 Å². The number of nitrogens with zero attached hydrogens (tertiary/aromatic N) is 1. The zero-order valence-electron chi connectivity index (χ0n) is 22.5. The molecule has 2 aromatic carbocycles. The van der Waals surface area contributed by atoms with Crippen molar-refractivity contribution in [1.29, 1.82) is 0 Å². The fourth-order valence-electron chi connectivity index (χ4n) is 4.41. The lowest BCUT2D eigenvalue weighted by molar-refractivity contribution is 0.0798. The maximum atomic E-state index is 13.4. The number of benzene rings is 2. The first-order valence-corrected chi connectivity index (χ1v) is 16.8. The van der Waals surface area contributed by atoms with E-state index in [-0.39, 0.29) is 16.9 Å². The summed E-state index contributed by atoms with van der Waals surface area (Å²) in [4.78, 5) is 0. The van der Waals surface area contributed by atoms with Crippen LogP contribution in [0.4, 0.5) is 0 Å². The minimum Gasteiger partial charge on any atom is -0.472 e. The SMILES string of the molecule is Cc1cccc(C2C(C)(C)OC(C[C@@H](CCO[Si](C)(C)C(C)(C)C)c3ccccc3)=NS2(=O)=O)c1. The molecule has 7 heteroatoms. The lowest BCUT2D eigenvalue weighted by atomic mass is 9.92. The molecule has 1 aliphatic rings. The van der Waals surface area contributed by atoms with Gasteiger partial charge >= 0.3 is 0 Å². The third-order valence-electron chi connectivity index (χ3n) is 7.31. The topological polar surface area (TPSA) is 65.0 Å². The van der Waals surface area contributed by atoms with Crippen molar-refractivity contribution in [2.75, 3.05) is 6.61 Å². The molecule has 0 radical (unpaired) electrons. The highest BCUT2D eigenvalue weighted by atomic mass is 32.2. The van der Waals surface area contributed by atoms with Crippen molar-refractivity contribution >= 4 is 24.2 Å². The van der Waals surface area contributed by atoms with Crippen LogP contribution in [0.1, 0.15) is 75.3 Å². The van der Waals surface area contributed by atoms with E-state index in [4.69, 9.17) is 9.16 Å². The minimum atomic E-state index is -3.80. The molecule has 2 atom stereocenters. The molecule has 0 bridgehead atoms. The van der Waals surface area contributed by atoms with Crippen LogP contribution in [0.3, 0.4) is 0 Å². The van der Waals surface area contributed by atoms with E-state index in [1.807, 2.05) is 63.2 Å². The normalized spacial score (nSPS) is 20.6. The van der Waals surface area contributed by atoms with Gasteiger partial charge < -0.3 is 9.16 Å². The maximum absolute atomic E-state index is 13.4. The molecule has 1 unspecified atom stereocenters. The molecule has 0 N–H and O–H groups in total. The van der Waals surface area contributed by atoms with Crippen molar-refractivity contribution in [3.8, 4) is 0 Å². The standard InChI is InChI=1S/C28H41NO4SSi/c1-21-13-12-16-24(19-21)26-28(5,6)33-25(29-34(26,30)31)20-23(22-14-10-9-11-15-22)17-18-32-35(7,8)27(2,3)4/h9-16,19,23,26H,17-18,20H2,1-8H3/t23-,26?/m1/s1. The molecular weight excluding hydrogens is 474 g/mol. The van der Waals surface area contributed by atoms with Crippen molar-refractivity contribution in [1.82, 2.24) is 0 Å². The summed E-state index contributed by atoms with van der Waals surface area (Å²) < 4.78 is 43.8. The van der Waals surface area contributed by atoms with Gasteiger partial charge in [0.1, 0.15) is 10.9 Å². The summed E-state index contributed by atoms with van der Waals surface area (Å²) in [6, 6.07) is 17.7. The van der Waals surface area contributed by atoms with E-state index < -0.39 is 29.2 Å². The maximum Gasteiger partial charge on any atom is 0.267 e. The van der Waals surface area contributed by atoms with Crippen molar-refractivity contribution < 1.29 is 17.6 Å². The molecule has 0 aromatic heterocycles. The van der Waals surface area contributed by atoms with Crippen LogP contribution in [0.5, 0.6) is 0 Å². The number of ether oxygens (including phenoxy) is 1. The molecule has 35 heavy (non-hydrogen) atoms. The number of rotatable bonds is 8. The molecule has 0 spiro atoms. The second-order valence-corrected chi connectivity index (χ2v) is 18.2. The van der Waals surface area contributed by atoms with Crippen molar-refractivity contribution in [2.24, 2.45) is 4.40 Å². The van der Waals surface area contributed by atoms with Crippen LogP contribution in [0.15, 0.2) is 59.0 Å². The number of sulfonamides is 1. The molecule has 1 heterocycles. The zero-order valence-corrected chi connectivity index (χ0v) is 24.3. The molecule has 192 valence electrons. The summed E-state index contributed by atoms with van der Waals surface area (Å²) in [5.74, 6) is 0.321. The average molecular weight is 516 g/mol. The summed E-state index contributed by atoms with van der Waals surface area (Å²) in [5, 5.41) is -0.718. The van der Waals surface area contributed by atoms with Gasteiger partial charge in [-0.05, 0) is 62.4 Å². The first-order chi connectivity index (χ1) is 16.1. The largest absolute Gasteiger partial charge is 0.472 e. The summed E-state index contributed by atoms with van der Waals surface area (Å²) in [6.45, 7) is 17.4. The number of hydrogen-bond donors (Lipinski definition) is 0. The number of aryl methyl sites for hydroxylation is 1. The molecular formula is C28H41NO4SSi. The van der Waals surface area contributed by atoms with Gasteiger partial charge in [-0.1, -0.05) is 80.9 Å². The Hall–Kier alpha value is -1.96. The highest BCUT2D eigenvalue weighted by molar-refractivity contribution is 7.90. The van der Waals surface area contributed by atoms with Gasteiger partial charge in [0.25, 0.3) is 10.0 Å². The van der Waals surface area contributed by atoms with Gasteiger partial charge in [0.15, 0.2) is 8.32 Å². The predicted molar refractivity (Wildman–Crippen MR) is 147 cm³/mol. The van der Waals surface area contributed by atoms with Crippen LogP contribution in [0.2, 0.25) is 18.1 Å². The highest BCUT2D eigenvalue weighted by Crippen LogP contribution is 2.42. The molecule has 5 nitrogen and oxygen atoms in total. The van der Waals surface area contributed by atoms with E-state index in [2.05, 4.69) is 50.4 Å². The van der Waals surface area contributed by atoms with Crippen molar-refractivity contribution in [3.05, 3.63) is 71.3 Å². The number of hydrogen-bond acceptors (Lipinski definition) is 4. The summed E-state index contributed by atoms with van der Waals surface area (Å²) >= 11 is 0. The van der Waals surface area contributed by atoms with E-state index in [1.54, 1.807) is 0 Å². The average Bonchev–Trinajstić information content (AvgIpc) is 2.71. The second kappa shape index (κ2) is 10.2. The summed E-state index contributed by atoms with van der Waals surface area (Å²) in [5.41, 5.74) is 1.91. The van der Waals surface area contributed by atoms with Crippen LogP contribution in [0, 0.1) is 6.92 Å². The fourth-order valence-corrected chi connectivity index (χ4v) is 7.23. The Labute approximate surface area is 213 Å². The Morgan fingerprint density at radius 2 is 1.74 bits per heavy atom. The summed E-state index contributed by atoms with van der Waals surface area (Å²) in [7, 11) is -5.68. The van der Waals surface area contributed by atoms with E-state index in [9.17, 15) is 8.42 Å². The minimum absolute atomic E-state index is 0.0428. The molecule has 0 fully saturated rings. The van der Waals surface area contributed by atoms with Gasteiger partial charge in [0, 0.05) is 13.0 Å². The van der Waals surface area contributed by atoms with Crippen LogP contribution in [0.25, 0.3) is 0 Å². The van der Waals surface area contributed by atoms with Crippen LogP contribution >= 0.6 is 0 Å². The lowest BCUT2D eigenvalue weighted by Crippen LogP contribution is -2.43. The molecule has 2 aromatic rings. The highest BCUT2D eigenvalue weighted by Gasteiger charge is 2.47. The Balaban J connectivity index is 1.86. The van der Waals surface area contributed by atoms with E-state index in [1.165, 1.54) is 0 Å². The first kappa shape index (κ1) is 27.6. The van der Waals surface area contributed by atoms with Crippen LogP contribution in [-0.4, -0.2) is 34.8 Å². The molecule has 0 aliphatic carbocycles. The van der Waals surface area contributed by atoms with Crippen LogP contribution in [-0.2, 0) is 19.2 Å². The second-order valence-electron chi connectivity index (χ2n) is 11.7. The van der Waals surface area contributed by atoms with Gasteiger partial charge in [0.05, 0.1) is 0 Å². The molecule has 0 saturated carbocycles. The molecule has 1 aliphatic heterocycles. The van der Waals surface area contributed by atoms with Gasteiger partial charge in [-0.3, -0.25) is 0 Å². The molecule has 0 amide bonds. The Bertz CT molecular complexity index is 1150. The van der Waals surface area contributed by atoms with Gasteiger partial charge in [0.2, 0.25) is 5.90 Å². The van der Waals surface area contributed by atoms with Crippen molar-refractivity contribution in [3.63, 3.8) is 0 Å². The summed E-state index contributed by atoms with van der Waals surface area (Å²) in [6.07, 6.45) is 1.18. The first-order valence-electron chi connectivity index (χ1n) is 12.4. The smallest absolute Gasteiger partial charge is 0.267 e.